The predicted octanol–water partition coefficient (Wildman–Crippen LogP) is 0.0526. The summed E-state index contributed by atoms with van der Waals surface area (Å²) in [4.78, 5) is 2.35. The van der Waals surface area contributed by atoms with E-state index in [0.29, 0.717) is 0 Å². The third kappa shape index (κ3) is 2.66. The number of nitrogens with zero attached hydrogens (tertiary/aromatic N) is 1. The molecule has 13 heavy (non-hydrogen) atoms. The van der Waals surface area contributed by atoms with E-state index in [1.165, 1.54) is 38.9 Å². The molecule has 0 bridgehead atoms. The second kappa shape index (κ2) is 4.40. The molecule has 0 saturated carbocycles. The highest BCUT2D eigenvalue weighted by Gasteiger charge is 2.24. The Bertz CT molecular complexity index is 151. The Labute approximate surface area is 80.1 Å². The van der Waals surface area contributed by atoms with Crippen LogP contribution in [0.5, 0.6) is 0 Å². The van der Waals surface area contributed by atoms with E-state index in [0.717, 1.165) is 19.0 Å². The van der Waals surface area contributed by atoms with Crippen LogP contribution < -0.4 is 5.32 Å². The van der Waals surface area contributed by atoms with Crippen molar-refractivity contribution in [3.63, 3.8) is 0 Å². The molecule has 0 aliphatic carbocycles. The summed E-state index contributed by atoms with van der Waals surface area (Å²) >= 11 is 0. The average molecular weight is 184 g/mol. The molecule has 1 atom stereocenters. The van der Waals surface area contributed by atoms with Crippen LogP contribution in [0.4, 0.5) is 0 Å². The van der Waals surface area contributed by atoms with E-state index in [1.54, 1.807) is 0 Å². The molecule has 0 aromatic heterocycles. The van der Waals surface area contributed by atoms with Crippen LogP contribution >= 0.6 is 0 Å². The highest BCUT2D eigenvalue weighted by Crippen LogP contribution is 2.16. The van der Waals surface area contributed by atoms with Crippen molar-refractivity contribution in [2.75, 3.05) is 32.7 Å². The minimum Gasteiger partial charge on any atom is -0.390 e. The molecule has 2 heterocycles. The normalized spacial score (nSPS) is 31.6. The molecule has 0 amide bonds. The molecule has 3 heteroatoms. The standard InChI is InChI=1S/C10H20N2O/c13-10-7-12(8-10)5-3-9-2-1-4-11-6-9/h9-11,13H,1-8H2. The summed E-state index contributed by atoms with van der Waals surface area (Å²) in [6.07, 6.45) is 4.00. The average Bonchev–Trinajstić information content (AvgIpc) is 2.12. The van der Waals surface area contributed by atoms with Crippen molar-refractivity contribution < 1.29 is 5.11 Å². The fraction of sp³-hybridized carbons (Fsp3) is 1.00. The molecule has 0 aromatic carbocycles. The van der Waals surface area contributed by atoms with Crippen molar-refractivity contribution in [3.8, 4) is 0 Å². The first-order valence-electron chi connectivity index (χ1n) is 5.46. The summed E-state index contributed by atoms with van der Waals surface area (Å²) < 4.78 is 0. The zero-order chi connectivity index (χ0) is 9.10. The van der Waals surface area contributed by atoms with E-state index >= 15 is 0 Å². The van der Waals surface area contributed by atoms with E-state index in [2.05, 4.69) is 10.2 Å². The van der Waals surface area contributed by atoms with Gasteiger partial charge in [-0.3, -0.25) is 4.90 Å². The molecule has 76 valence electrons. The van der Waals surface area contributed by atoms with Crippen molar-refractivity contribution in [2.45, 2.75) is 25.4 Å². The number of hydrogen-bond donors (Lipinski definition) is 2. The van der Waals surface area contributed by atoms with Gasteiger partial charge < -0.3 is 10.4 Å². The predicted molar refractivity (Wildman–Crippen MR) is 52.7 cm³/mol. The molecule has 2 N–H and O–H groups in total. The van der Waals surface area contributed by atoms with Gasteiger partial charge in [-0.1, -0.05) is 0 Å². The number of nitrogens with one attached hydrogen (secondary N) is 1. The van der Waals surface area contributed by atoms with Gasteiger partial charge in [0.15, 0.2) is 0 Å². The van der Waals surface area contributed by atoms with Gasteiger partial charge in [-0.15, -0.1) is 0 Å². The van der Waals surface area contributed by atoms with Crippen LogP contribution in [-0.2, 0) is 0 Å². The van der Waals surface area contributed by atoms with Crippen molar-refractivity contribution >= 4 is 0 Å². The summed E-state index contributed by atoms with van der Waals surface area (Å²) in [5.41, 5.74) is 0. The topological polar surface area (TPSA) is 35.5 Å². The van der Waals surface area contributed by atoms with Crippen LogP contribution in [-0.4, -0.2) is 48.8 Å². The molecule has 3 nitrogen and oxygen atoms in total. The van der Waals surface area contributed by atoms with Gasteiger partial charge >= 0.3 is 0 Å². The lowest BCUT2D eigenvalue weighted by Crippen LogP contribution is -2.51. The van der Waals surface area contributed by atoms with Crippen LogP contribution in [0.2, 0.25) is 0 Å². The van der Waals surface area contributed by atoms with E-state index in [-0.39, 0.29) is 6.10 Å². The number of β-amino-alcohol motifs (C(OH)–C–C–N with tert-alkyl or cyclic N) is 1. The van der Waals surface area contributed by atoms with Crippen molar-refractivity contribution in [1.29, 1.82) is 0 Å². The molecule has 2 rings (SSSR count). The van der Waals surface area contributed by atoms with E-state index in [9.17, 15) is 0 Å². The lowest BCUT2D eigenvalue weighted by Gasteiger charge is -2.37. The quantitative estimate of drug-likeness (QED) is 0.651. The Kier molecular flexibility index (Phi) is 3.19. The van der Waals surface area contributed by atoms with Crippen LogP contribution in [0, 0.1) is 5.92 Å². The first-order valence-corrected chi connectivity index (χ1v) is 5.46. The Morgan fingerprint density at radius 3 is 2.85 bits per heavy atom. The lowest BCUT2D eigenvalue weighted by atomic mass is 9.95. The van der Waals surface area contributed by atoms with Crippen LogP contribution in [0.15, 0.2) is 0 Å². The molecule has 2 aliphatic heterocycles. The molecule has 0 radical (unpaired) electrons. The fourth-order valence-electron chi connectivity index (χ4n) is 2.26. The highest BCUT2D eigenvalue weighted by atomic mass is 16.3. The zero-order valence-corrected chi connectivity index (χ0v) is 8.21. The molecule has 2 saturated heterocycles. The number of hydrogen-bond acceptors (Lipinski definition) is 3. The lowest BCUT2D eigenvalue weighted by molar-refractivity contribution is -0.00108. The van der Waals surface area contributed by atoms with Crippen molar-refractivity contribution in [2.24, 2.45) is 5.92 Å². The Morgan fingerprint density at radius 1 is 1.38 bits per heavy atom. The highest BCUT2D eigenvalue weighted by molar-refractivity contribution is 4.80. The number of rotatable bonds is 3. The fourth-order valence-corrected chi connectivity index (χ4v) is 2.26. The van der Waals surface area contributed by atoms with Crippen molar-refractivity contribution in [1.82, 2.24) is 10.2 Å². The number of aliphatic hydroxyl groups is 1. The van der Waals surface area contributed by atoms with Gasteiger partial charge in [-0.05, 0) is 44.8 Å². The van der Waals surface area contributed by atoms with E-state index in [4.69, 9.17) is 5.11 Å². The summed E-state index contributed by atoms with van der Waals surface area (Å²) in [5.74, 6) is 0.881. The van der Waals surface area contributed by atoms with Gasteiger partial charge in [0.2, 0.25) is 0 Å². The zero-order valence-electron chi connectivity index (χ0n) is 8.21. The SMILES string of the molecule is OC1CN(CCC2CCCNC2)C1. The van der Waals surface area contributed by atoms with E-state index in [1.807, 2.05) is 0 Å². The first kappa shape index (κ1) is 9.44. The Balaban J connectivity index is 1.56. The third-order valence-corrected chi connectivity index (χ3v) is 3.19. The molecule has 1 unspecified atom stereocenters. The van der Waals surface area contributed by atoms with Crippen LogP contribution in [0.1, 0.15) is 19.3 Å². The molecule has 2 fully saturated rings. The minimum atomic E-state index is -0.0375. The maximum atomic E-state index is 9.10. The Morgan fingerprint density at radius 2 is 2.23 bits per heavy atom. The third-order valence-electron chi connectivity index (χ3n) is 3.19. The van der Waals surface area contributed by atoms with Gasteiger partial charge in [0, 0.05) is 13.1 Å². The van der Waals surface area contributed by atoms with Gasteiger partial charge in [0.05, 0.1) is 6.10 Å². The second-order valence-electron chi connectivity index (χ2n) is 4.41. The second-order valence-corrected chi connectivity index (χ2v) is 4.41. The first-order chi connectivity index (χ1) is 6.34. The van der Waals surface area contributed by atoms with Gasteiger partial charge in [-0.25, -0.2) is 0 Å². The van der Waals surface area contributed by atoms with Crippen molar-refractivity contribution in [3.05, 3.63) is 0 Å². The number of aliphatic hydroxyl groups excluding tert-OH is 1. The van der Waals surface area contributed by atoms with Gasteiger partial charge in [0.1, 0.15) is 0 Å². The van der Waals surface area contributed by atoms with Crippen LogP contribution in [0.3, 0.4) is 0 Å². The Hall–Kier alpha value is -0.120. The summed E-state index contributed by atoms with van der Waals surface area (Å²) in [6, 6.07) is 0. The van der Waals surface area contributed by atoms with E-state index < -0.39 is 0 Å². The molecule has 0 aromatic rings. The summed E-state index contributed by atoms with van der Waals surface area (Å²) in [6.45, 7) is 5.40. The van der Waals surface area contributed by atoms with Gasteiger partial charge in [-0.2, -0.15) is 0 Å². The summed E-state index contributed by atoms with van der Waals surface area (Å²) in [7, 11) is 0. The summed E-state index contributed by atoms with van der Waals surface area (Å²) in [5, 5.41) is 12.5. The molecule has 0 spiro atoms. The monoisotopic (exact) mass is 184 g/mol. The largest absolute Gasteiger partial charge is 0.390 e. The maximum absolute atomic E-state index is 9.10. The molecule has 2 aliphatic rings. The molecular weight excluding hydrogens is 164 g/mol. The minimum absolute atomic E-state index is 0.0375. The molecular formula is C10H20N2O. The number of likely N-dealkylation sites (tertiary alicyclic amines) is 1. The smallest absolute Gasteiger partial charge is 0.0793 e. The number of piperidine rings is 1. The maximum Gasteiger partial charge on any atom is 0.0793 e. The van der Waals surface area contributed by atoms with Crippen LogP contribution in [0.25, 0.3) is 0 Å². The van der Waals surface area contributed by atoms with Gasteiger partial charge in [0.25, 0.3) is 0 Å².